The van der Waals surface area contributed by atoms with Gasteiger partial charge in [0.15, 0.2) is 11.5 Å². The molecule has 0 heterocycles. The molecule has 0 fully saturated rings. The van der Waals surface area contributed by atoms with Crippen molar-refractivity contribution < 1.29 is 9.47 Å². The molecule has 19 heavy (non-hydrogen) atoms. The van der Waals surface area contributed by atoms with Gasteiger partial charge in [0.05, 0.1) is 19.9 Å². The molecule has 0 aromatic heterocycles. The number of unbranched alkanes of at least 4 members (excludes halogenated alkanes) is 1. The number of benzene rings is 1. The average Bonchev–Trinajstić information content (AvgIpc) is 2.42. The normalized spacial score (nSPS) is 10.8. The van der Waals surface area contributed by atoms with Crippen LogP contribution in [0.1, 0.15) is 32.3 Å². The maximum absolute atomic E-state index is 6.00. The fourth-order valence-corrected chi connectivity index (χ4v) is 2.13. The quantitative estimate of drug-likeness (QED) is 0.735. The van der Waals surface area contributed by atoms with E-state index in [2.05, 4.69) is 18.7 Å². The lowest BCUT2D eigenvalue weighted by Crippen LogP contribution is -2.24. The molecule has 0 saturated carbocycles. The molecule has 0 bridgehead atoms. The maximum Gasteiger partial charge on any atom is 0.183 e. The molecule has 0 aliphatic rings. The van der Waals surface area contributed by atoms with Crippen LogP contribution in [0.15, 0.2) is 12.1 Å². The highest BCUT2D eigenvalue weighted by atomic mass is 16.5. The van der Waals surface area contributed by atoms with E-state index >= 15 is 0 Å². The number of hydrogen-bond donors (Lipinski definition) is 1. The fourth-order valence-electron chi connectivity index (χ4n) is 2.13. The summed E-state index contributed by atoms with van der Waals surface area (Å²) in [6.45, 7) is 7.43. The van der Waals surface area contributed by atoms with E-state index in [1.54, 1.807) is 14.2 Å². The van der Waals surface area contributed by atoms with Gasteiger partial charge in [-0.1, -0.05) is 20.3 Å². The van der Waals surface area contributed by atoms with Crippen molar-refractivity contribution in [2.75, 3.05) is 33.0 Å². The summed E-state index contributed by atoms with van der Waals surface area (Å²) < 4.78 is 10.6. The minimum atomic E-state index is 0.614. The Hall–Kier alpha value is -1.42. The Kier molecular flexibility index (Phi) is 6.50. The van der Waals surface area contributed by atoms with E-state index in [4.69, 9.17) is 15.2 Å². The number of anilines is 1. The lowest BCUT2D eigenvalue weighted by atomic mass is 10.1. The highest BCUT2D eigenvalue weighted by Crippen LogP contribution is 2.34. The van der Waals surface area contributed by atoms with E-state index in [1.807, 2.05) is 12.1 Å². The SMILES string of the molecule is CCCCN(CC)Cc1cc(N)c(OC)c(OC)c1. The molecular formula is C15H26N2O2. The second kappa shape index (κ2) is 7.89. The van der Waals surface area contributed by atoms with Gasteiger partial charge in [0.25, 0.3) is 0 Å². The summed E-state index contributed by atoms with van der Waals surface area (Å²) in [4.78, 5) is 2.41. The van der Waals surface area contributed by atoms with Gasteiger partial charge in [-0.25, -0.2) is 0 Å². The van der Waals surface area contributed by atoms with Gasteiger partial charge in [-0.05, 0) is 37.2 Å². The predicted molar refractivity (Wildman–Crippen MR) is 79.8 cm³/mol. The second-order valence-corrected chi connectivity index (χ2v) is 4.64. The van der Waals surface area contributed by atoms with E-state index in [0.29, 0.717) is 17.2 Å². The molecule has 0 saturated heterocycles. The fraction of sp³-hybridized carbons (Fsp3) is 0.600. The van der Waals surface area contributed by atoms with Gasteiger partial charge < -0.3 is 15.2 Å². The van der Waals surface area contributed by atoms with Crippen LogP contribution < -0.4 is 15.2 Å². The Morgan fingerprint density at radius 3 is 2.42 bits per heavy atom. The third-order valence-electron chi connectivity index (χ3n) is 3.25. The van der Waals surface area contributed by atoms with Crippen molar-refractivity contribution in [1.82, 2.24) is 4.90 Å². The summed E-state index contributed by atoms with van der Waals surface area (Å²) >= 11 is 0. The van der Waals surface area contributed by atoms with E-state index in [1.165, 1.54) is 12.8 Å². The van der Waals surface area contributed by atoms with Crippen molar-refractivity contribution in [2.45, 2.75) is 33.2 Å². The molecule has 0 unspecified atom stereocenters. The van der Waals surface area contributed by atoms with E-state index in [0.717, 1.165) is 25.2 Å². The van der Waals surface area contributed by atoms with Gasteiger partial charge in [-0.15, -0.1) is 0 Å². The van der Waals surface area contributed by atoms with Crippen molar-refractivity contribution in [3.05, 3.63) is 17.7 Å². The minimum absolute atomic E-state index is 0.614. The molecule has 1 aromatic carbocycles. The highest BCUT2D eigenvalue weighted by molar-refractivity contribution is 5.62. The third-order valence-corrected chi connectivity index (χ3v) is 3.25. The largest absolute Gasteiger partial charge is 0.493 e. The summed E-state index contributed by atoms with van der Waals surface area (Å²) in [6, 6.07) is 3.97. The number of nitrogen functional groups attached to an aromatic ring is 1. The van der Waals surface area contributed by atoms with Crippen LogP contribution in [0.5, 0.6) is 11.5 Å². The van der Waals surface area contributed by atoms with Crippen LogP contribution in [0.2, 0.25) is 0 Å². The van der Waals surface area contributed by atoms with Crippen LogP contribution in [0.4, 0.5) is 5.69 Å². The van der Waals surface area contributed by atoms with Crippen LogP contribution >= 0.6 is 0 Å². The van der Waals surface area contributed by atoms with Crippen LogP contribution in [-0.2, 0) is 6.54 Å². The summed E-state index contributed by atoms with van der Waals surface area (Å²) in [6.07, 6.45) is 2.43. The van der Waals surface area contributed by atoms with E-state index in [9.17, 15) is 0 Å². The molecule has 0 radical (unpaired) electrons. The summed E-state index contributed by atoms with van der Waals surface area (Å²) in [7, 11) is 3.24. The second-order valence-electron chi connectivity index (χ2n) is 4.64. The van der Waals surface area contributed by atoms with Crippen molar-refractivity contribution in [3.8, 4) is 11.5 Å². The number of nitrogens with zero attached hydrogens (tertiary/aromatic N) is 1. The zero-order valence-corrected chi connectivity index (χ0v) is 12.5. The lowest BCUT2D eigenvalue weighted by Gasteiger charge is -2.21. The van der Waals surface area contributed by atoms with Gasteiger partial charge in [-0.2, -0.15) is 0 Å². The Balaban J connectivity index is 2.85. The van der Waals surface area contributed by atoms with Crippen molar-refractivity contribution in [2.24, 2.45) is 0 Å². The lowest BCUT2D eigenvalue weighted by molar-refractivity contribution is 0.274. The zero-order valence-electron chi connectivity index (χ0n) is 12.5. The highest BCUT2D eigenvalue weighted by Gasteiger charge is 2.11. The number of methoxy groups -OCH3 is 2. The molecule has 0 aliphatic heterocycles. The maximum atomic E-state index is 6.00. The van der Waals surface area contributed by atoms with Gasteiger partial charge in [0.1, 0.15) is 0 Å². The molecule has 0 atom stereocenters. The van der Waals surface area contributed by atoms with E-state index in [-0.39, 0.29) is 0 Å². The molecule has 0 spiro atoms. The first-order chi connectivity index (χ1) is 9.15. The van der Waals surface area contributed by atoms with Gasteiger partial charge in [-0.3, -0.25) is 4.90 Å². The Morgan fingerprint density at radius 2 is 1.89 bits per heavy atom. The first-order valence-corrected chi connectivity index (χ1v) is 6.88. The standard InChI is InChI=1S/C15H26N2O2/c1-5-7-8-17(6-2)11-12-9-13(16)15(19-4)14(10-12)18-3/h9-10H,5-8,11,16H2,1-4H3. The molecule has 4 nitrogen and oxygen atoms in total. The topological polar surface area (TPSA) is 47.7 Å². The Morgan fingerprint density at radius 1 is 1.16 bits per heavy atom. The van der Waals surface area contributed by atoms with Crippen LogP contribution in [0.25, 0.3) is 0 Å². The molecule has 1 aromatic rings. The van der Waals surface area contributed by atoms with Gasteiger partial charge >= 0.3 is 0 Å². The monoisotopic (exact) mass is 266 g/mol. The molecule has 108 valence electrons. The van der Waals surface area contributed by atoms with Gasteiger partial charge in [0.2, 0.25) is 0 Å². The van der Waals surface area contributed by atoms with Crippen molar-refractivity contribution >= 4 is 5.69 Å². The molecule has 2 N–H and O–H groups in total. The molecule has 1 rings (SSSR count). The van der Waals surface area contributed by atoms with Crippen molar-refractivity contribution in [1.29, 1.82) is 0 Å². The van der Waals surface area contributed by atoms with Crippen LogP contribution in [0.3, 0.4) is 0 Å². The number of hydrogen-bond acceptors (Lipinski definition) is 4. The third kappa shape index (κ3) is 4.31. The predicted octanol–water partition coefficient (Wildman–Crippen LogP) is 2.91. The van der Waals surface area contributed by atoms with Crippen molar-refractivity contribution in [3.63, 3.8) is 0 Å². The number of nitrogens with two attached hydrogens (primary N) is 1. The minimum Gasteiger partial charge on any atom is -0.493 e. The Labute approximate surface area is 116 Å². The first kappa shape index (κ1) is 15.6. The zero-order chi connectivity index (χ0) is 14.3. The molecule has 0 amide bonds. The van der Waals surface area contributed by atoms with Crippen LogP contribution in [-0.4, -0.2) is 32.2 Å². The number of rotatable bonds is 8. The van der Waals surface area contributed by atoms with Crippen LogP contribution in [0, 0.1) is 0 Å². The summed E-state index contributed by atoms with van der Waals surface area (Å²) in [5.41, 5.74) is 7.79. The average molecular weight is 266 g/mol. The summed E-state index contributed by atoms with van der Waals surface area (Å²) in [5, 5.41) is 0. The molecular weight excluding hydrogens is 240 g/mol. The smallest absolute Gasteiger partial charge is 0.183 e. The summed E-state index contributed by atoms with van der Waals surface area (Å²) in [5.74, 6) is 1.31. The number of ether oxygens (including phenoxy) is 2. The van der Waals surface area contributed by atoms with Gasteiger partial charge in [0, 0.05) is 6.54 Å². The van der Waals surface area contributed by atoms with E-state index < -0.39 is 0 Å². The Bertz CT molecular complexity index is 394. The molecule has 0 aliphatic carbocycles. The first-order valence-electron chi connectivity index (χ1n) is 6.88. The molecule has 4 heteroatoms.